The van der Waals surface area contributed by atoms with E-state index in [-0.39, 0.29) is 11.4 Å². The summed E-state index contributed by atoms with van der Waals surface area (Å²) in [4.78, 5) is 12.0. The monoisotopic (exact) mass is 314 g/mol. The maximum atomic E-state index is 12.2. The number of esters is 1. The summed E-state index contributed by atoms with van der Waals surface area (Å²) in [7, 11) is -3.83. The summed E-state index contributed by atoms with van der Waals surface area (Å²) in [5.41, 5.74) is 5.58. The van der Waals surface area contributed by atoms with Crippen LogP contribution in [0.15, 0.2) is 29.2 Å². The lowest BCUT2D eigenvalue weighted by atomic mass is 10.2. The Labute approximate surface area is 125 Å². The van der Waals surface area contributed by atoms with E-state index in [9.17, 15) is 13.2 Å². The number of rotatable bonds is 5. The zero-order valence-electron chi connectivity index (χ0n) is 12.7. The van der Waals surface area contributed by atoms with Crippen LogP contribution in [0.5, 0.6) is 0 Å². The van der Waals surface area contributed by atoms with E-state index in [1.54, 1.807) is 39.8 Å². The predicted octanol–water partition coefficient (Wildman–Crippen LogP) is 0.942. The van der Waals surface area contributed by atoms with Crippen LogP contribution in [0.4, 0.5) is 0 Å². The first kappa shape index (κ1) is 17.6. The van der Waals surface area contributed by atoms with Gasteiger partial charge in [-0.1, -0.05) is 12.1 Å². The molecule has 0 spiro atoms. The summed E-state index contributed by atoms with van der Waals surface area (Å²) in [6, 6.07) is 5.28. The van der Waals surface area contributed by atoms with Gasteiger partial charge in [0.2, 0.25) is 10.0 Å². The maximum Gasteiger partial charge on any atom is 0.326 e. The number of sulfonamides is 1. The molecule has 6 nitrogen and oxygen atoms in total. The number of hydrogen-bond donors (Lipinski definition) is 2. The number of carbonyl (C=O) groups excluding carboxylic acids is 1. The van der Waals surface area contributed by atoms with Crippen molar-refractivity contribution in [2.75, 3.05) is 6.54 Å². The van der Waals surface area contributed by atoms with Crippen molar-refractivity contribution in [3.63, 3.8) is 0 Å². The van der Waals surface area contributed by atoms with Gasteiger partial charge in [0.25, 0.3) is 0 Å². The average molecular weight is 314 g/mol. The minimum absolute atomic E-state index is 0.0875. The van der Waals surface area contributed by atoms with Crippen molar-refractivity contribution in [2.24, 2.45) is 5.73 Å². The molecule has 0 bridgehead atoms. The number of hydrogen-bond acceptors (Lipinski definition) is 5. The Morgan fingerprint density at radius 2 is 2.00 bits per heavy atom. The highest BCUT2D eigenvalue weighted by Gasteiger charge is 2.28. The first-order chi connectivity index (χ1) is 9.55. The lowest BCUT2D eigenvalue weighted by Gasteiger charge is -2.23. The van der Waals surface area contributed by atoms with E-state index in [4.69, 9.17) is 10.5 Å². The van der Waals surface area contributed by atoms with E-state index in [0.29, 0.717) is 0 Å². The second-order valence-electron chi connectivity index (χ2n) is 5.76. The van der Waals surface area contributed by atoms with Crippen LogP contribution < -0.4 is 10.5 Å². The fourth-order valence-electron chi connectivity index (χ4n) is 1.60. The first-order valence-corrected chi connectivity index (χ1v) is 8.05. The lowest BCUT2D eigenvalue weighted by Crippen LogP contribution is -2.48. The van der Waals surface area contributed by atoms with E-state index >= 15 is 0 Å². The van der Waals surface area contributed by atoms with Crippen LogP contribution >= 0.6 is 0 Å². The molecule has 0 unspecified atom stereocenters. The van der Waals surface area contributed by atoms with Crippen LogP contribution in [0.2, 0.25) is 0 Å². The highest BCUT2D eigenvalue weighted by Crippen LogP contribution is 2.13. The molecular weight excluding hydrogens is 292 g/mol. The van der Waals surface area contributed by atoms with Crippen LogP contribution in [0.1, 0.15) is 26.3 Å². The number of ether oxygens (including phenoxy) is 1. The molecule has 0 aliphatic rings. The maximum absolute atomic E-state index is 12.2. The summed E-state index contributed by atoms with van der Waals surface area (Å²) in [5, 5.41) is 0. The highest BCUT2D eigenvalue weighted by molar-refractivity contribution is 7.89. The summed E-state index contributed by atoms with van der Waals surface area (Å²) >= 11 is 0. The first-order valence-electron chi connectivity index (χ1n) is 6.57. The lowest BCUT2D eigenvalue weighted by molar-refractivity contribution is -0.156. The van der Waals surface area contributed by atoms with Crippen molar-refractivity contribution in [1.82, 2.24) is 4.72 Å². The van der Waals surface area contributed by atoms with Crippen molar-refractivity contribution in [3.05, 3.63) is 29.8 Å². The van der Waals surface area contributed by atoms with Crippen LogP contribution in [0.25, 0.3) is 0 Å². The van der Waals surface area contributed by atoms with Gasteiger partial charge in [0.15, 0.2) is 0 Å². The van der Waals surface area contributed by atoms with E-state index < -0.39 is 27.6 Å². The number of aryl methyl sites for hydroxylation is 1. The van der Waals surface area contributed by atoms with Gasteiger partial charge in [-0.3, -0.25) is 4.79 Å². The zero-order chi connectivity index (χ0) is 16.3. The normalized spacial score (nSPS) is 13.8. The summed E-state index contributed by atoms with van der Waals surface area (Å²) in [5.74, 6) is -0.693. The molecule has 21 heavy (non-hydrogen) atoms. The van der Waals surface area contributed by atoms with Crippen LogP contribution in [0.3, 0.4) is 0 Å². The minimum Gasteiger partial charge on any atom is -0.459 e. The number of benzene rings is 1. The molecule has 1 aromatic carbocycles. The van der Waals surface area contributed by atoms with Crippen molar-refractivity contribution in [2.45, 2.75) is 44.2 Å². The number of nitrogens with two attached hydrogens (primary N) is 1. The van der Waals surface area contributed by atoms with Gasteiger partial charge < -0.3 is 10.5 Å². The van der Waals surface area contributed by atoms with Crippen LogP contribution in [-0.2, 0) is 19.6 Å². The number of carbonyl (C=O) groups is 1. The van der Waals surface area contributed by atoms with E-state index in [0.717, 1.165) is 5.56 Å². The van der Waals surface area contributed by atoms with Crippen molar-refractivity contribution >= 4 is 16.0 Å². The topological polar surface area (TPSA) is 98.5 Å². The molecule has 118 valence electrons. The molecule has 1 aromatic rings. The Bertz CT molecular complexity index is 606. The molecule has 0 heterocycles. The molecule has 1 rings (SSSR count). The van der Waals surface area contributed by atoms with E-state index in [1.165, 1.54) is 12.1 Å². The van der Waals surface area contributed by atoms with Gasteiger partial charge in [-0.25, -0.2) is 8.42 Å². The van der Waals surface area contributed by atoms with Crippen LogP contribution in [0, 0.1) is 6.92 Å². The Morgan fingerprint density at radius 3 is 2.48 bits per heavy atom. The third-order valence-corrected chi connectivity index (χ3v) is 3.99. The highest BCUT2D eigenvalue weighted by atomic mass is 32.2. The fourth-order valence-corrected chi connectivity index (χ4v) is 2.91. The standard InChI is InChI=1S/C14H22N2O4S/c1-10-6-5-7-11(8-10)21(18,19)16-12(9-15)13(17)20-14(2,3)4/h5-8,12,16H,9,15H2,1-4H3/t12-/m0/s1. The van der Waals surface area contributed by atoms with Gasteiger partial charge in [-0.2, -0.15) is 4.72 Å². The van der Waals surface area contributed by atoms with Crippen molar-refractivity contribution in [3.8, 4) is 0 Å². The molecule has 0 saturated heterocycles. The molecule has 0 aliphatic carbocycles. The second-order valence-corrected chi connectivity index (χ2v) is 7.47. The quantitative estimate of drug-likeness (QED) is 0.788. The van der Waals surface area contributed by atoms with Crippen molar-refractivity contribution < 1.29 is 17.9 Å². The smallest absolute Gasteiger partial charge is 0.326 e. The molecule has 1 atom stereocenters. The van der Waals surface area contributed by atoms with Gasteiger partial charge in [0.1, 0.15) is 11.6 Å². The Kier molecular flexibility index (Phi) is 5.49. The Balaban J connectivity index is 2.93. The molecule has 3 N–H and O–H groups in total. The molecule has 0 aromatic heterocycles. The average Bonchev–Trinajstić information content (AvgIpc) is 2.33. The molecule has 7 heteroatoms. The van der Waals surface area contributed by atoms with Crippen molar-refractivity contribution in [1.29, 1.82) is 0 Å². The molecule has 0 radical (unpaired) electrons. The van der Waals surface area contributed by atoms with Gasteiger partial charge in [0.05, 0.1) is 4.90 Å². The molecule has 0 aliphatic heterocycles. The van der Waals surface area contributed by atoms with E-state index in [1.807, 2.05) is 0 Å². The van der Waals surface area contributed by atoms with Gasteiger partial charge in [-0.05, 0) is 45.4 Å². The summed E-state index contributed by atoms with van der Waals surface area (Å²) in [6.45, 7) is 6.71. The molecule has 0 saturated carbocycles. The summed E-state index contributed by atoms with van der Waals surface area (Å²) in [6.07, 6.45) is 0. The molecule has 0 fully saturated rings. The largest absolute Gasteiger partial charge is 0.459 e. The summed E-state index contributed by atoms with van der Waals surface area (Å²) < 4.78 is 31.9. The van der Waals surface area contributed by atoms with Gasteiger partial charge in [0, 0.05) is 6.54 Å². The fraction of sp³-hybridized carbons (Fsp3) is 0.500. The third-order valence-electron chi connectivity index (χ3n) is 2.52. The Hall–Kier alpha value is -1.44. The Morgan fingerprint density at radius 1 is 1.38 bits per heavy atom. The molecular formula is C14H22N2O4S. The molecule has 0 amide bonds. The van der Waals surface area contributed by atoms with Crippen LogP contribution in [-0.4, -0.2) is 32.6 Å². The van der Waals surface area contributed by atoms with E-state index in [2.05, 4.69) is 4.72 Å². The van der Waals surface area contributed by atoms with Gasteiger partial charge in [-0.15, -0.1) is 0 Å². The minimum atomic E-state index is -3.83. The SMILES string of the molecule is Cc1cccc(S(=O)(=O)N[C@@H](CN)C(=O)OC(C)(C)C)c1. The predicted molar refractivity (Wildman–Crippen MR) is 80.2 cm³/mol. The third kappa shape index (κ3) is 5.45. The number of nitrogens with one attached hydrogen (secondary N) is 1. The second kappa shape index (κ2) is 6.55. The zero-order valence-corrected chi connectivity index (χ0v) is 13.5. The van der Waals surface area contributed by atoms with Gasteiger partial charge >= 0.3 is 5.97 Å².